The summed E-state index contributed by atoms with van der Waals surface area (Å²) in [5.41, 5.74) is 2.25. The summed E-state index contributed by atoms with van der Waals surface area (Å²) in [5.74, 6) is 3.63. The van der Waals surface area contributed by atoms with Crippen molar-refractivity contribution in [2.45, 2.75) is 19.9 Å². The van der Waals surface area contributed by atoms with Gasteiger partial charge in [0.25, 0.3) is 0 Å². The topological polar surface area (TPSA) is 79.6 Å². The summed E-state index contributed by atoms with van der Waals surface area (Å²) in [5, 5.41) is 0.444. The van der Waals surface area contributed by atoms with E-state index in [4.69, 9.17) is 28.1 Å². The Bertz CT molecular complexity index is 1490. The Balaban J connectivity index is 1.40. The molecule has 1 aromatic heterocycles. The third kappa shape index (κ3) is 4.80. The molecule has 0 N–H and O–H groups in total. The summed E-state index contributed by atoms with van der Waals surface area (Å²) < 4.78 is 34.3. The highest BCUT2D eigenvalue weighted by molar-refractivity contribution is 5.83. The number of aryl methyl sites for hydroxylation is 1. The molecular formula is C29H29NO7. The van der Waals surface area contributed by atoms with Gasteiger partial charge in [-0.3, -0.25) is 9.69 Å². The second-order valence-electron chi connectivity index (χ2n) is 8.75. The maximum Gasteiger partial charge on any atom is 0.235 e. The second-order valence-corrected chi connectivity index (χ2v) is 8.75. The van der Waals surface area contributed by atoms with Gasteiger partial charge in [0.2, 0.25) is 11.2 Å². The lowest BCUT2D eigenvalue weighted by Gasteiger charge is -2.29. The molecule has 8 nitrogen and oxygen atoms in total. The Hall–Kier alpha value is -4.17. The predicted octanol–water partition coefficient (Wildman–Crippen LogP) is 5.31. The number of fused-ring (bicyclic) bond motifs is 3. The van der Waals surface area contributed by atoms with Gasteiger partial charge in [-0.05, 0) is 55.3 Å². The highest BCUT2D eigenvalue weighted by Crippen LogP contribution is 2.36. The average molecular weight is 504 g/mol. The third-order valence-electron chi connectivity index (χ3n) is 6.47. The van der Waals surface area contributed by atoms with Gasteiger partial charge in [-0.15, -0.1) is 0 Å². The fourth-order valence-electron chi connectivity index (χ4n) is 4.50. The zero-order chi connectivity index (χ0) is 25.9. The first-order valence-corrected chi connectivity index (χ1v) is 12.0. The fraction of sp³-hybridized carbons (Fsp3) is 0.276. The summed E-state index contributed by atoms with van der Waals surface area (Å²) in [6.07, 6.45) is 0.795. The largest absolute Gasteiger partial charge is 0.493 e. The smallest absolute Gasteiger partial charge is 0.235 e. The van der Waals surface area contributed by atoms with Gasteiger partial charge in [-0.25, -0.2) is 0 Å². The minimum atomic E-state index is -0.241. The molecule has 37 heavy (non-hydrogen) atoms. The number of nitrogens with zero attached hydrogens (tertiary/aromatic N) is 1. The number of rotatable bonds is 8. The molecular weight excluding hydrogens is 474 g/mol. The van der Waals surface area contributed by atoms with Crippen LogP contribution >= 0.6 is 0 Å². The minimum absolute atomic E-state index is 0.138. The van der Waals surface area contributed by atoms with Gasteiger partial charge in [0.1, 0.15) is 23.8 Å². The highest BCUT2D eigenvalue weighted by atomic mass is 16.5. The molecule has 4 aromatic rings. The van der Waals surface area contributed by atoms with Crippen molar-refractivity contribution < 1.29 is 28.1 Å². The van der Waals surface area contributed by atoms with Gasteiger partial charge in [0.05, 0.1) is 32.3 Å². The van der Waals surface area contributed by atoms with Crippen molar-refractivity contribution in [3.8, 4) is 34.5 Å². The van der Waals surface area contributed by atoms with Crippen LogP contribution in [0.2, 0.25) is 0 Å². The van der Waals surface area contributed by atoms with E-state index in [0.717, 1.165) is 29.8 Å². The lowest BCUT2D eigenvalue weighted by Crippen LogP contribution is -2.33. The van der Waals surface area contributed by atoms with Crippen LogP contribution in [0, 0.1) is 6.92 Å². The standard InChI is InChI=1S/C29H29NO7/c1-18-28(37-25-8-6-5-7-23(25)32-2)27(31)20-10-12-22-21(29(20)36-18)16-30(17-35-22)14-13-19-9-11-24(33-3)26(15-19)34-4/h5-12,15H,13-14,16-17H2,1-4H3. The van der Waals surface area contributed by atoms with Crippen molar-refractivity contribution >= 4 is 11.0 Å². The molecule has 0 saturated heterocycles. The fourth-order valence-corrected chi connectivity index (χ4v) is 4.50. The molecule has 0 unspecified atom stereocenters. The number of para-hydroxylation sites is 2. The van der Waals surface area contributed by atoms with Crippen molar-refractivity contribution in [2.24, 2.45) is 0 Å². The Labute approximate surface area is 214 Å². The monoisotopic (exact) mass is 503 g/mol. The number of hydrogen-bond donors (Lipinski definition) is 0. The van der Waals surface area contributed by atoms with E-state index in [-0.39, 0.29) is 11.2 Å². The number of benzene rings is 3. The molecule has 3 aromatic carbocycles. The average Bonchev–Trinajstić information content (AvgIpc) is 2.93. The predicted molar refractivity (Wildman–Crippen MR) is 139 cm³/mol. The van der Waals surface area contributed by atoms with Crippen molar-refractivity contribution in [3.05, 3.63) is 81.7 Å². The molecule has 2 heterocycles. The zero-order valence-corrected chi connectivity index (χ0v) is 21.3. The van der Waals surface area contributed by atoms with Gasteiger partial charge in [0, 0.05) is 13.1 Å². The molecule has 0 spiro atoms. The van der Waals surface area contributed by atoms with Crippen LogP contribution in [0.4, 0.5) is 0 Å². The van der Waals surface area contributed by atoms with Crippen LogP contribution in [-0.4, -0.2) is 39.5 Å². The van der Waals surface area contributed by atoms with E-state index < -0.39 is 0 Å². The molecule has 0 radical (unpaired) electrons. The first-order valence-electron chi connectivity index (χ1n) is 12.0. The van der Waals surface area contributed by atoms with Crippen molar-refractivity contribution in [1.29, 1.82) is 0 Å². The maximum absolute atomic E-state index is 13.4. The summed E-state index contributed by atoms with van der Waals surface area (Å²) in [7, 11) is 4.81. The summed E-state index contributed by atoms with van der Waals surface area (Å²) in [6, 6.07) is 16.7. The number of ether oxygens (including phenoxy) is 5. The first-order chi connectivity index (χ1) is 18.0. The minimum Gasteiger partial charge on any atom is -0.493 e. The van der Waals surface area contributed by atoms with Gasteiger partial charge < -0.3 is 28.1 Å². The summed E-state index contributed by atoms with van der Waals surface area (Å²) in [6.45, 7) is 3.52. The van der Waals surface area contributed by atoms with Crippen molar-refractivity contribution in [1.82, 2.24) is 4.90 Å². The third-order valence-corrected chi connectivity index (χ3v) is 6.47. The molecule has 5 rings (SSSR count). The Morgan fingerprint density at radius 1 is 0.892 bits per heavy atom. The van der Waals surface area contributed by atoms with Gasteiger partial charge in [-0.1, -0.05) is 18.2 Å². The van der Waals surface area contributed by atoms with Crippen molar-refractivity contribution in [3.63, 3.8) is 0 Å². The van der Waals surface area contributed by atoms with E-state index in [9.17, 15) is 4.79 Å². The Morgan fingerprint density at radius 2 is 1.62 bits per heavy atom. The normalized spacial score (nSPS) is 13.1. The Kier molecular flexibility index (Phi) is 6.92. The molecule has 0 amide bonds. The molecule has 8 heteroatoms. The molecule has 1 aliphatic rings. The van der Waals surface area contributed by atoms with Gasteiger partial charge in [0.15, 0.2) is 23.0 Å². The van der Waals surface area contributed by atoms with Crippen LogP contribution in [0.3, 0.4) is 0 Å². The lowest BCUT2D eigenvalue weighted by atomic mass is 10.1. The van der Waals surface area contributed by atoms with Crippen LogP contribution in [0.5, 0.6) is 34.5 Å². The Morgan fingerprint density at radius 3 is 2.38 bits per heavy atom. The van der Waals surface area contributed by atoms with Gasteiger partial charge in [-0.2, -0.15) is 0 Å². The number of hydrogen-bond acceptors (Lipinski definition) is 8. The molecule has 0 fully saturated rings. The molecule has 192 valence electrons. The van der Waals surface area contributed by atoms with E-state index in [1.165, 1.54) is 0 Å². The lowest BCUT2D eigenvalue weighted by molar-refractivity contribution is 0.0967. The molecule has 0 saturated carbocycles. The molecule has 0 atom stereocenters. The van der Waals surface area contributed by atoms with E-state index in [2.05, 4.69) is 4.90 Å². The molecule has 1 aliphatic heterocycles. The van der Waals surface area contributed by atoms with Crippen LogP contribution in [-0.2, 0) is 13.0 Å². The van der Waals surface area contributed by atoms with E-state index in [1.807, 2.05) is 36.4 Å². The van der Waals surface area contributed by atoms with Crippen LogP contribution in [0.25, 0.3) is 11.0 Å². The highest BCUT2D eigenvalue weighted by Gasteiger charge is 2.24. The van der Waals surface area contributed by atoms with E-state index >= 15 is 0 Å². The maximum atomic E-state index is 13.4. The first kappa shape index (κ1) is 24.5. The van der Waals surface area contributed by atoms with Crippen LogP contribution in [0.1, 0.15) is 16.9 Å². The van der Waals surface area contributed by atoms with E-state index in [1.54, 1.807) is 46.5 Å². The molecule has 0 bridgehead atoms. The molecule has 0 aliphatic carbocycles. The van der Waals surface area contributed by atoms with Gasteiger partial charge >= 0.3 is 0 Å². The van der Waals surface area contributed by atoms with Crippen LogP contribution < -0.4 is 29.1 Å². The number of methoxy groups -OCH3 is 3. The van der Waals surface area contributed by atoms with Crippen molar-refractivity contribution in [2.75, 3.05) is 34.6 Å². The zero-order valence-electron chi connectivity index (χ0n) is 21.3. The summed E-state index contributed by atoms with van der Waals surface area (Å²) >= 11 is 0. The van der Waals surface area contributed by atoms with E-state index in [0.29, 0.717) is 53.0 Å². The van der Waals surface area contributed by atoms with Crippen LogP contribution in [0.15, 0.2) is 63.8 Å². The second kappa shape index (κ2) is 10.4. The SMILES string of the molecule is COc1ccc(CCN2COc3ccc4c(=O)c(Oc5ccccc5OC)c(C)oc4c3C2)cc1OC. The summed E-state index contributed by atoms with van der Waals surface area (Å²) in [4.78, 5) is 15.6. The quantitative estimate of drug-likeness (QED) is 0.320.